The number of carboxylic acid groups (broad SMARTS) is 1. The Bertz CT molecular complexity index is 388. The zero-order valence-corrected chi connectivity index (χ0v) is 15.3. The zero-order valence-electron chi connectivity index (χ0n) is 14.4. The second-order valence-electron chi connectivity index (χ2n) is 6.53. The van der Waals surface area contributed by atoms with Crippen LogP contribution in [0.2, 0.25) is 0 Å². The van der Waals surface area contributed by atoms with Crippen molar-refractivity contribution >= 4 is 13.3 Å². The molecule has 1 atom stereocenters. The van der Waals surface area contributed by atoms with Gasteiger partial charge in [0.05, 0.1) is 6.16 Å². The molecule has 0 amide bonds. The normalized spacial score (nSPS) is 15.0. The molecule has 0 saturated carbocycles. The average Bonchev–Trinajstić information content (AvgIpc) is 2.38. The van der Waals surface area contributed by atoms with Crippen molar-refractivity contribution in [2.24, 2.45) is 5.92 Å². The van der Waals surface area contributed by atoms with Crippen molar-refractivity contribution in [1.29, 1.82) is 0 Å². The molecule has 2 N–H and O–H groups in total. The monoisotopic (exact) mass is 332 g/mol. The molecule has 0 aliphatic heterocycles. The second-order valence-corrected chi connectivity index (χ2v) is 8.90. The molecule has 0 bridgehead atoms. The van der Waals surface area contributed by atoms with Crippen LogP contribution in [0.5, 0.6) is 0 Å². The number of hydrogen-bond donors (Lipinski definition) is 2. The van der Waals surface area contributed by atoms with Gasteiger partial charge < -0.3 is 10.00 Å². The number of carbonyl (C=O) groups is 1. The van der Waals surface area contributed by atoms with Crippen LogP contribution in [-0.2, 0) is 9.36 Å². The molecule has 22 heavy (non-hydrogen) atoms. The maximum absolute atomic E-state index is 12.0. The molecule has 0 fully saturated rings. The summed E-state index contributed by atoms with van der Waals surface area (Å²) in [6.45, 7) is 5.93. The van der Waals surface area contributed by atoms with Crippen LogP contribution in [-0.4, -0.2) is 28.3 Å². The summed E-state index contributed by atoms with van der Waals surface area (Å²) < 4.78 is 12.0. The highest BCUT2D eigenvalue weighted by molar-refractivity contribution is 7.58. The van der Waals surface area contributed by atoms with Gasteiger partial charge in [0.25, 0.3) is 0 Å². The molecule has 0 aromatic rings. The van der Waals surface area contributed by atoms with Crippen molar-refractivity contribution < 1.29 is 19.4 Å². The molecule has 1 unspecified atom stereocenters. The van der Waals surface area contributed by atoms with Crippen molar-refractivity contribution in [3.05, 3.63) is 11.6 Å². The molecular weight excluding hydrogens is 299 g/mol. The van der Waals surface area contributed by atoms with Crippen LogP contribution >= 0.6 is 7.37 Å². The van der Waals surface area contributed by atoms with Gasteiger partial charge in [-0.15, -0.1) is 0 Å². The van der Waals surface area contributed by atoms with Crippen LogP contribution in [0, 0.1) is 5.92 Å². The van der Waals surface area contributed by atoms with E-state index in [-0.39, 0.29) is 23.8 Å². The third kappa shape index (κ3) is 12.0. The highest BCUT2D eigenvalue weighted by Crippen LogP contribution is 2.44. The molecule has 5 heteroatoms. The first-order chi connectivity index (χ1) is 10.3. The van der Waals surface area contributed by atoms with E-state index >= 15 is 0 Å². The fraction of sp³-hybridized carbons (Fsp3) is 0.824. The summed E-state index contributed by atoms with van der Waals surface area (Å²) in [5, 5.41) is 9.17. The number of rotatable bonds is 13. The smallest absolute Gasteiger partial charge is 0.331 e. The van der Waals surface area contributed by atoms with Gasteiger partial charge in [-0.25, -0.2) is 4.79 Å². The molecule has 0 spiro atoms. The van der Waals surface area contributed by atoms with Crippen LogP contribution < -0.4 is 0 Å². The van der Waals surface area contributed by atoms with Gasteiger partial charge in [0.2, 0.25) is 7.37 Å². The highest BCUT2D eigenvalue weighted by Gasteiger charge is 2.24. The number of hydrogen-bond acceptors (Lipinski definition) is 2. The summed E-state index contributed by atoms with van der Waals surface area (Å²) in [5.41, 5.74) is 0.0949. The lowest BCUT2D eigenvalue weighted by Crippen LogP contribution is -2.09. The Kier molecular flexibility index (Phi) is 11.6. The molecule has 130 valence electrons. The second kappa shape index (κ2) is 11.9. The van der Waals surface area contributed by atoms with E-state index in [4.69, 9.17) is 0 Å². The van der Waals surface area contributed by atoms with Crippen molar-refractivity contribution in [2.45, 2.75) is 72.1 Å². The SMILES string of the molecule is CCCCCCCCCC=C(CP(=O)(O)CC(C)C)C(=O)O. The molecule has 0 rings (SSSR count). The van der Waals surface area contributed by atoms with E-state index < -0.39 is 13.3 Å². The van der Waals surface area contributed by atoms with E-state index in [0.29, 0.717) is 6.42 Å². The van der Waals surface area contributed by atoms with E-state index in [1.54, 1.807) is 6.08 Å². The van der Waals surface area contributed by atoms with Gasteiger partial charge in [0.1, 0.15) is 0 Å². The van der Waals surface area contributed by atoms with Gasteiger partial charge in [0, 0.05) is 11.7 Å². The fourth-order valence-electron chi connectivity index (χ4n) is 2.50. The Labute approximate surface area is 135 Å². The summed E-state index contributed by atoms with van der Waals surface area (Å²) >= 11 is 0. The first-order valence-electron chi connectivity index (χ1n) is 8.51. The van der Waals surface area contributed by atoms with Gasteiger partial charge in [-0.1, -0.05) is 65.4 Å². The summed E-state index contributed by atoms with van der Waals surface area (Å²) in [5.74, 6) is -0.977. The Morgan fingerprint density at radius 2 is 1.64 bits per heavy atom. The molecule has 0 aromatic heterocycles. The first kappa shape index (κ1) is 21.4. The van der Waals surface area contributed by atoms with Crippen LogP contribution in [0.3, 0.4) is 0 Å². The molecule has 4 nitrogen and oxygen atoms in total. The van der Waals surface area contributed by atoms with Crippen molar-refractivity contribution in [3.8, 4) is 0 Å². The number of carboxylic acids is 1. The zero-order chi connectivity index (χ0) is 17.0. The van der Waals surface area contributed by atoms with Crippen molar-refractivity contribution in [2.75, 3.05) is 12.3 Å². The summed E-state index contributed by atoms with van der Waals surface area (Å²) in [7, 11) is -3.38. The Balaban J connectivity index is 4.17. The maximum Gasteiger partial charge on any atom is 0.331 e. The summed E-state index contributed by atoms with van der Waals surface area (Å²) in [6, 6.07) is 0. The quantitative estimate of drug-likeness (QED) is 0.281. The third-order valence-corrected chi connectivity index (χ3v) is 5.68. The van der Waals surface area contributed by atoms with Crippen LogP contribution in [0.25, 0.3) is 0 Å². The summed E-state index contributed by atoms with van der Waals surface area (Å²) in [6.07, 6.45) is 10.5. The number of aliphatic carboxylic acids is 1. The minimum atomic E-state index is -3.38. The standard InChI is InChI=1S/C17H33O4P/c1-4-5-6-7-8-9-10-11-12-16(17(18)19)14-22(20,21)13-15(2)3/h12,15H,4-11,13-14H2,1-3H3,(H,18,19)(H,20,21). The van der Waals surface area contributed by atoms with Gasteiger partial charge in [-0.3, -0.25) is 4.57 Å². The Hall–Kier alpha value is -0.600. The molecule has 0 aliphatic carbocycles. The van der Waals surface area contributed by atoms with E-state index in [1.165, 1.54) is 32.1 Å². The predicted octanol–water partition coefficient (Wildman–Crippen LogP) is 5.06. The topological polar surface area (TPSA) is 74.6 Å². The van der Waals surface area contributed by atoms with Gasteiger partial charge >= 0.3 is 5.97 Å². The average molecular weight is 332 g/mol. The molecule has 0 aromatic carbocycles. The lowest BCUT2D eigenvalue weighted by molar-refractivity contribution is -0.132. The van der Waals surface area contributed by atoms with Crippen molar-refractivity contribution in [3.63, 3.8) is 0 Å². The van der Waals surface area contributed by atoms with Crippen LogP contribution in [0.1, 0.15) is 72.1 Å². The molecular formula is C17H33O4P. The van der Waals surface area contributed by atoms with E-state index in [9.17, 15) is 19.4 Å². The third-order valence-electron chi connectivity index (χ3n) is 3.54. The molecule has 0 heterocycles. The molecule has 0 aliphatic rings. The lowest BCUT2D eigenvalue weighted by atomic mass is 10.1. The van der Waals surface area contributed by atoms with E-state index in [2.05, 4.69) is 6.92 Å². The first-order valence-corrected chi connectivity index (χ1v) is 10.5. The fourth-order valence-corrected chi connectivity index (χ4v) is 4.57. The Morgan fingerprint density at radius 3 is 2.14 bits per heavy atom. The maximum atomic E-state index is 12.0. The molecule has 0 radical (unpaired) electrons. The van der Waals surface area contributed by atoms with Gasteiger partial charge in [-0.05, 0) is 18.8 Å². The predicted molar refractivity (Wildman–Crippen MR) is 92.7 cm³/mol. The number of allylic oxidation sites excluding steroid dienone is 1. The van der Waals surface area contributed by atoms with E-state index in [0.717, 1.165) is 12.8 Å². The van der Waals surface area contributed by atoms with Crippen LogP contribution in [0.4, 0.5) is 0 Å². The van der Waals surface area contributed by atoms with Gasteiger partial charge in [0.15, 0.2) is 0 Å². The Morgan fingerprint density at radius 1 is 1.09 bits per heavy atom. The lowest BCUT2D eigenvalue weighted by Gasteiger charge is -2.14. The minimum Gasteiger partial charge on any atom is -0.478 e. The number of unbranched alkanes of at least 4 members (excludes halogenated alkanes) is 7. The summed E-state index contributed by atoms with van der Waals surface area (Å²) in [4.78, 5) is 21.1. The van der Waals surface area contributed by atoms with E-state index in [1.807, 2.05) is 13.8 Å². The van der Waals surface area contributed by atoms with Crippen molar-refractivity contribution in [1.82, 2.24) is 0 Å². The molecule has 0 saturated heterocycles. The largest absolute Gasteiger partial charge is 0.478 e. The highest BCUT2D eigenvalue weighted by atomic mass is 31.2. The minimum absolute atomic E-state index is 0.0917. The van der Waals surface area contributed by atoms with Gasteiger partial charge in [-0.2, -0.15) is 0 Å². The van der Waals surface area contributed by atoms with Crippen LogP contribution in [0.15, 0.2) is 11.6 Å².